The van der Waals surface area contributed by atoms with E-state index in [2.05, 4.69) is 0 Å². The minimum atomic E-state index is 0.0752. The number of aryl methyl sites for hydroxylation is 1. The maximum Gasteiger partial charge on any atom is 0.193 e. The molecule has 2 heteroatoms. The van der Waals surface area contributed by atoms with Crippen LogP contribution >= 0.6 is 0 Å². The highest BCUT2D eigenvalue weighted by molar-refractivity contribution is 6.08. The van der Waals surface area contributed by atoms with Crippen LogP contribution < -0.4 is 0 Å². The van der Waals surface area contributed by atoms with Crippen LogP contribution in [0.4, 0.5) is 0 Å². The number of ketones is 1. The second-order valence-electron chi connectivity index (χ2n) is 4.41. The van der Waals surface area contributed by atoms with Gasteiger partial charge in [0.1, 0.15) is 0 Å². The van der Waals surface area contributed by atoms with Crippen LogP contribution in [0.2, 0.25) is 0 Å². The van der Waals surface area contributed by atoms with Crippen molar-refractivity contribution in [1.29, 1.82) is 0 Å². The van der Waals surface area contributed by atoms with Crippen LogP contribution in [0, 0.1) is 0 Å². The van der Waals surface area contributed by atoms with Gasteiger partial charge in [0.05, 0.1) is 0 Å². The average molecular weight is 263 g/mol. The van der Waals surface area contributed by atoms with E-state index in [1.54, 1.807) is 0 Å². The smallest absolute Gasteiger partial charge is 0.193 e. The van der Waals surface area contributed by atoms with Crippen molar-refractivity contribution in [2.24, 2.45) is 7.05 Å². The minimum Gasteiger partial charge on any atom is -0.357 e. The van der Waals surface area contributed by atoms with Gasteiger partial charge in [0.25, 0.3) is 0 Å². The van der Waals surface area contributed by atoms with Gasteiger partial charge in [-0.05, 0) is 12.1 Å². The summed E-state index contributed by atoms with van der Waals surface area (Å²) in [5.74, 6) is 0.0752. The maximum absolute atomic E-state index is 11.8. The third kappa shape index (κ3) is 3.95. The second kappa shape index (κ2) is 7.10. The molecule has 0 aliphatic rings. The molecule has 100 valence electrons. The third-order valence-corrected chi connectivity index (χ3v) is 2.83. The molecule has 0 radical (unpaired) electrons. The maximum atomic E-state index is 11.8. The monoisotopic (exact) mass is 263 g/mol. The summed E-state index contributed by atoms with van der Waals surface area (Å²) >= 11 is 0. The molecule has 3 aromatic rings. The Hall–Kier alpha value is -2.61. The largest absolute Gasteiger partial charge is 0.357 e. The first-order valence-corrected chi connectivity index (χ1v) is 6.49. The van der Waals surface area contributed by atoms with Gasteiger partial charge >= 0.3 is 0 Å². The topological polar surface area (TPSA) is 22.0 Å². The Labute approximate surface area is 119 Å². The molecule has 2 aromatic carbocycles. The van der Waals surface area contributed by atoms with Crippen molar-refractivity contribution in [3.05, 3.63) is 96.3 Å². The van der Waals surface area contributed by atoms with E-state index in [-0.39, 0.29) is 5.78 Å². The highest BCUT2D eigenvalue weighted by Crippen LogP contribution is 2.08. The van der Waals surface area contributed by atoms with Gasteiger partial charge in [0.15, 0.2) is 5.78 Å². The Kier molecular flexibility index (Phi) is 4.90. The first kappa shape index (κ1) is 13.8. The zero-order valence-corrected chi connectivity index (χ0v) is 11.4. The van der Waals surface area contributed by atoms with E-state index < -0.39 is 0 Å². The molecular weight excluding hydrogens is 246 g/mol. The third-order valence-electron chi connectivity index (χ3n) is 2.83. The minimum absolute atomic E-state index is 0.0752. The lowest BCUT2D eigenvalue weighted by Crippen LogP contribution is -1.99. The molecule has 1 aromatic heterocycles. The lowest BCUT2D eigenvalue weighted by atomic mass is 10.0. The van der Waals surface area contributed by atoms with Crippen molar-refractivity contribution in [2.75, 3.05) is 0 Å². The van der Waals surface area contributed by atoms with E-state index in [1.165, 1.54) is 0 Å². The number of rotatable bonds is 2. The normalized spacial score (nSPS) is 9.45. The first-order valence-electron chi connectivity index (χ1n) is 6.49. The highest BCUT2D eigenvalue weighted by Gasteiger charge is 2.06. The van der Waals surface area contributed by atoms with E-state index in [1.807, 2.05) is 96.8 Å². The van der Waals surface area contributed by atoms with Crippen molar-refractivity contribution in [1.82, 2.24) is 4.57 Å². The number of carbonyl (C=O) groups is 1. The molecule has 0 N–H and O–H groups in total. The number of benzene rings is 2. The molecule has 0 amide bonds. The molecule has 0 atom stereocenters. The van der Waals surface area contributed by atoms with Gasteiger partial charge in [-0.2, -0.15) is 0 Å². The Morgan fingerprint density at radius 1 is 0.700 bits per heavy atom. The number of nitrogens with zero attached hydrogens (tertiary/aromatic N) is 1. The quantitative estimate of drug-likeness (QED) is 0.642. The van der Waals surface area contributed by atoms with Gasteiger partial charge in [-0.25, -0.2) is 0 Å². The number of hydrogen-bond donors (Lipinski definition) is 0. The van der Waals surface area contributed by atoms with Crippen LogP contribution in [0.15, 0.2) is 85.2 Å². The predicted octanol–water partition coefficient (Wildman–Crippen LogP) is 3.94. The fraction of sp³-hybridized carbons (Fsp3) is 0.0556. The van der Waals surface area contributed by atoms with Gasteiger partial charge in [-0.1, -0.05) is 60.7 Å². The standard InChI is InChI=1S/C13H10O.C5H7N/c14-13(11-7-3-1-4-8-11)12-9-5-2-6-10-12;1-6-4-2-3-5-6/h1-10H;2-5H,1H3. The van der Waals surface area contributed by atoms with Crippen molar-refractivity contribution in [3.8, 4) is 0 Å². The summed E-state index contributed by atoms with van der Waals surface area (Å²) in [5, 5.41) is 0. The van der Waals surface area contributed by atoms with Crippen LogP contribution in [-0.4, -0.2) is 10.4 Å². The summed E-state index contributed by atoms with van der Waals surface area (Å²) in [6.45, 7) is 0. The molecule has 0 saturated carbocycles. The Bertz CT molecular complexity index is 586. The molecule has 0 unspecified atom stereocenters. The number of carbonyl (C=O) groups excluding carboxylic acids is 1. The highest BCUT2D eigenvalue weighted by atomic mass is 16.1. The second-order valence-corrected chi connectivity index (χ2v) is 4.41. The molecule has 1 heterocycles. The van der Waals surface area contributed by atoms with Gasteiger partial charge in [-0.15, -0.1) is 0 Å². The summed E-state index contributed by atoms with van der Waals surface area (Å²) in [6.07, 6.45) is 4.00. The average Bonchev–Trinajstić information content (AvgIpc) is 3.00. The number of hydrogen-bond acceptors (Lipinski definition) is 1. The molecule has 20 heavy (non-hydrogen) atoms. The summed E-state index contributed by atoms with van der Waals surface area (Å²) in [7, 11) is 2.00. The summed E-state index contributed by atoms with van der Waals surface area (Å²) in [6, 6.07) is 22.6. The predicted molar refractivity (Wildman–Crippen MR) is 81.7 cm³/mol. The molecule has 2 nitrogen and oxygen atoms in total. The lowest BCUT2D eigenvalue weighted by molar-refractivity contribution is 0.103. The SMILES string of the molecule is Cn1cccc1.O=C(c1ccccc1)c1ccccc1. The number of aromatic nitrogens is 1. The van der Waals surface area contributed by atoms with Crippen molar-refractivity contribution in [2.45, 2.75) is 0 Å². The molecule has 0 spiro atoms. The van der Waals surface area contributed by atoms with Crippen LogP contribution in [-0.2, 0) is 7.05 Å². The molecule has 0 fully saturated rings. The summed E-state index contributed by atoms with van der Waals surface area (Å²) < 4.78 is 2.00. The van der Waals surface area contributed by atoms with E-state index in [4.69, 9.17) is 0 Å². The Morgan fingerprint density at radius 3 is 1.40 bits per heavy atom. The van der Waals surface area contributed by atoms with Gasteiger partial charge in [0.2, 0.25) is 0 Å². The summed E-state index contributed by atoms with van der Waals surface area (Å²) in [5.41, 5.74) is 1.47. The van der Waals surface area contributed by atoms with E-state index in [0.717, 1.165) is 11.1 Å². The van der Waals surface area contributed by atoms with E-state index in [0.29, 0.717) is 0 Å². The van der Waals surface area contributed by atoms with Gasteiger partial charge < -0.3 is 4.57 Å². The van der Waals surface area contributed by atoms with Crippen molar-refractivity contribution in [3.63, 3.8) is 0 Å². The van der Waals surface area contributed by atoms with Gasteiger partial charge in [-0.3, -0.25) is 4.79 Å². The Morgan fingerprint density at radius 2 is 1.10 bits per heavy atom. The van der Waals surface area contributed by atoms with Crippen molar-refractivity contribution < 1.29 is 4.79 Å². The van der Waals surface area contributed by atoms with Crippen LogP contribution in [0.5, 0.6) is 0 Å². The lowest BCUT2D eigenvalue weighted by Gasteiger charge is -1.99. The first-order chi connectivity index (χ1) is 9.77. The fourth-order valence-electron chi connectivity index (χ4n) is 1.77. The molecule has 3 rings (SSSR count). The van der Waals surface area contributed by atoms with Crippen LogP contribution in [0.1, 0.15) is 15.9 Å². The molecule has 0 aliphatic heterocycles. The summed E-state index contributed by atoms with van der Waals surface area (Å²) in [4.78, 5) is 11.8. The molecule has 0 bridgehead atoms. The molecule has 0 saturated heterocycles. The van der Waals surface area contributed by atoms with Crippen molar-refractivity contribution >= 4 is 5.78 Å². The molecule has 0 aliphatic carbocycles. The molecular formula is C18H17NO. The Balaban J connectivity index is 0.000000205. The zero-order valence-electron chi connectivity index (χ0n) is 11.4. The zero-order chi connectivity index (χ0) is 14.2. The van der Waals surface area contributed by atoms with E-state index >= 15 is 0 Å². The van der Waals surface area contributed by atoms with Crippen LogP contribution in [0.3, 0.4) is 0 Å². The fourth-order valence-corrected chi connectivity index (χ4v) is 1.77. The van der Waals surface area contributed by atoms with Crippen LogP contribution in [0.25, 0.3) is 0 Å². The van der Waals surface area contributed by atoms with Gasteiger partial charge in [0, 0.05) is 30.6 Å². The van der Waals surface area contributed by atoms with E-state index in [9.17, 15) is 4.79 Å².